The van der Waals surface area contributed by atoms with E-state index in [0.717, 1.165) is 22.0 Å². The zero-order valence-corrected chi connectivity index (χ0v) is 11.3. The Hall–Kier alpha value is -2.48. The van der Waals surface area contributed by atoms with Crippen molar-refractivity contribution in [3.63, 3.8) is 0 Å². The molecule has 0 spiro atoms. The Bertz CT molecular complexity index is 668. The van der Waals surface area contributed by atoms with Gasteiger partial charge in [0.2, 0.25) is 5.82 Å². The smallest absolute Gasteiger partial charge is 0.337 e. The Morgan fingerprint density at radius 1 is 1.55 bits per heavy atom. The van der Waals surface area contributed by atoms with Gasteiger partial charge in [0.1, 0.15) is 0 Å². The van der Waals surface area contributed by atoms with Crippen molar-refractivity contribution in [2.24, 2.45) is 0 Å². The molecule has 0 aliphatic carbocycles. The van der Waals surface area contributed by atoms with Gasteiger partial charge in [-0.15, -0.1) is 11.3 Å². The van der Waals surface area contributed by atoms with Crippen LogP contribution >= 0.6 is 11.3 Å². The lowest BCUT2D eigenvalue weighted by atomic mass is 10.2. The first-order valence-corrected chi connectivity index (χ1v) is 6.46. The van der Waals surface area contributed by atoms with Gasteiger partial charge in [-0.3, -0.25) is 10.1 Å². The van der Waals surface area contributed by atoms with Gasteiger partial charge in [-0.05, 0) is 19.1 Å². The van der Waals surface area contributed by atoms with Gasteiger partial charge in [0.25, 0.3) is 0 Å². The lowest BCUT2D eigenvalue weighted by Crippen LogP contribution is -2.06. The van der Waals surface area contributed by atoms with E-state index in [4.69, 9.17) is 5.11 Å². The summed E-state index contributed by atoms with van der Waals surface area (Å²) >= 11 is 1.58. The number of nitrogens with zero attached hydrogens (tertiary/aromatic N) is 2. The number of carboxylic acids is 1. The number of nitro groups is 1. The monoisotopic (exact) mass is 293 g/mol. The van der Waals surface area contributed by atoms with E-state index in [1.807, 2.05) is 19.1 Å². The van der Waals surface area contributed by atoms with E-state index in [9.17, 15) is 14.9 Å². The standard InChI is InChI=1S/C12H11N3O4S/c1-7-2-3-9(20-7)6-14-11-10(15(18)19)4-8(5-13-11)12(16)17/h2-5H,6H2,1H3,(H,13,14)(H,16,17). The highest BCUT2D eigenvalue weighted by Crippen LogP contribution is 2.24. The van der Waals surface area contributed by atoms with Gasteiger partial charge in [-0.25, -0.2) is 9.78 Å². The largest absolute Gasteiger partial charge is 0.478 e. The van der Waals surface area contributed by atoms with Gasteiger partial charge in [-0.1, -0.05) is 0 Å². The fourth-order valence-corrected chi connectivity index (χ4v) is 2.43. The van der Waals surface area contributed by atoms with Crippen molar-refractivity contribution < 1.29 is 14.8 Å². The minimum absolute atomic E-state index is 0.0612. The first kappa shape index (κ1) is 13.9. The highest BCUT2D eigenvalue weighted by Gasteiger charge is 2.18. The predicted octanol–water partition coefficient (Wildman–Crippen LogP) is 2.67. The zero-order chi connectivity index (χ0) is 14.7. The highest BCUT2D eigenvalue weighted by molar-refractivity contribution is 7.11. The molecule has 104 valence electrons. The molecule has 0 radical (unpaired) electrons. The quantitative estimate of drug-likeness (QED) is 0.648. The van der Waals surface area contributed by atoms with Crippen LogP contribution in [0.2, 0.25) is 0 Å². The lowest BCUT2D eigenvalue weighted by Gasteiger charge is -2.05. The maximum atomic E-state index is 10.9. The van der Waals surface area contributed by atoms with Gasteiger partial charge in [0.05, 0.1) is 17.0 Å². The summed E-state index contributed by atoms with van der Waals surface area (Å²) in [4.78, 5) is 27.1. The molecule has 8 heteroatoms. The predicted molar refractivity (Wildman–Crippen MR) is 74.2 cm³/mol. The minimum Gasteiger partial charge on any atom is -0.478 e. The fourth-order valence-electron chi connectivity index (χ4n) is 1.60. The third-order valence-electron chi connectivity index (χ3n) is 2.54. The van der Waals surface area contributed by atoms with Gasteiger partial charge >= 0.3 is 11.7 Å². The second-order valence-corrected chi connectivity index (χ2v) is 5.39. The van der Waals surface area contributed by atoms with E-state index in [1.54, 1.807) is 11.3 Å². The molecule has 0 aliphatic rings. The number of anilines is 1. The summed E-state index contributed by atoms with van der Waals surface area (Å²) in [7, 11) is 0. The molecule has 2 aromatic heterocycles. The van der Waals surface area contributed by atoms with Crippen molar-refractivity contribution in [2.45, 2.75) is 13.5 Å². The molecule has 7 nitrogen and oxygen atoms in total. The molecular weight excluding hydrogens is 282 g/mol. The molecule has 2 heterocycles. The van der Waals surface area contributed by atoms with Crippen LogP contribution in [0.25, 0.3) is 0 Å². The molecule has 20 heavy (non-hydrogen) atoms. The molecular formula is C12H11N3O4S. The maximum Gasteiger partial charge on any atom is 0.337 e. The summed E-state index contributed by atoms with van der Waals surface area (Å²) < 4.78 is 0. The molecule has 0 unspecified atom stereocenters. The Balaban J connectivity index is 2.22. The summed E-state index contributed by atoms with van der Waals surface area (Å²) in [6.07, 6.45) is 1.09. The summed E-state index contributed by atoms with van der Waals surface area (Å²) in [6, 6.07) is 4.87. The molecule has 0 aliphatic heterocycles. The fraction of sp³-hybridized carbons (Fsp3) is 0.167. The van der Waals surface area contributed by atoms with Crippen molar-refractivity contribution in [2.75, 3.05) is 5.32 Å². The van der Waals surface area contributed by atoms with Gasteiger partial charge in [0.15, 0.2) is 0 Å². The number of rotatable bonds is 5. The van der Waals surface area contributed by atoms with Crippen LogP contribution in [0.15, 0.2) is 24.4 Å². The number of nitrogens with one attached hydrogen (secondary N) is 1. The summed E-state index contributed by atoms with van der Waals surface area (Å²) in [6.45, 7) is 2.37. The van der Waals surface area contributed by atoms with Gasteiger partial charge < -0.3 is 10.4 Å². The number of aromatic nitrogens is 1. The van der Waals surface area contributed by atoms with Crippen molar-refractivity contribution in [1.29, 1.82) is 0 Å². The highest BCUT2D eigenvalue weighted by atomic mass is 32.1. The summed E-state index contributed by atoms with van der Waals surface area (Å²) in [5.74, 6) is -1.19. The second kappa shape index (κ2) is 5.66. The molecule has 0 saturated carbocycles. The molecule has 2 rings (SSSR count). The average Bonchev–Trinajstić information content (AvgIpc) is 2.81. The molecule has 2 N–H and O–H groups in total. The third kappa shape index (κ3) is 3.09. The van der Waals surface area contributed by atoms with Crippen molar-refractivity contribution in [3.8, 4) is 0 Å². The second-order valence-electron chi connectivity index (χ2n) is 4.02. The Morgan fingerprint density at radius 3 is 2.85 bits per heavy atom. The van der Waals surface area contributed by atoms with Crippen LogP contribution in [0.3, 0.4) is 0 Å². The van der Waals surface area contributed by atoms with Crippen molar-refractivity contribution >= 4 is 28.8 Å². The van der Waals surface area contributed by atoms with E-state index < -0.39 is 10.9 Å². The van der Waals surface area contributed by atoms with Crippen LogP contribution in [-0.4, -0.2) is 21.0 Å². The topological polar surface area (TPSA) is 105 Å². The van der Waals surface area contributed by atoms with Crippen LogP contribution in [-0.2, 0) is 6.54 Å². The minimum atomic E-state index is -1.25. The maximum absolute atomic E-state index is 10.9. The summed E-state index contributed by atoms with van der Waals surface area (Å²) in [5, 5.41) is 22.6. The Kier molecular flexibility index (Phi) is 3.94. The van der Waals surface area contributed by atoms with E-state index in [1.165, 1.54) is 0 Å². The Labute approximate surface area is 118 Å². The number of thiophene rings is 1. The third-order valence-corrected chi connectivity index (χ3v) is 3.54. The number of pyridine rings is 1. The average molecular weight is 293 g/mol. The number of aryl methyl sites for hydroxylation is 1. The molecule has 0 fully saturated rings. The number of aromatic carboxylic acids is 1. The van der Waals surface area contributed by atoms with E-state index >= 15 is 0 Å². The van der Waals surface area contributed by atoms with Crippen LogP contribution in [0.4, 0.5) is 11.5 Å². The molecule has 0 bridgehead atoms. The van der Waals surface area contributed by atoms with Crippen LogP contribution in [0.1, 0.15) is 20.1 Å². The normalized spacial score (nSPS) is 10.2. The molecule has 0 atom stereocenters. The SMILES string of the molecule is Cc1ccc(CNc2ncc(C(=O)O)cc2[N+](=O)[O-])s1. The molecule has 0 aromatic carbocycles. The first-order chi connectivity index (χ1) is 9.47. The number of hydrogen-bond acceptors (Lipinski definition) is 6. The van der Waals surface area contributed by atoms with E-state index in [0.29, 0.717) is 6.54 Å². The van der Waals surface area contributed by atoms with E-state index in [2.05, 4.69) is 10.3 Å². The molecule has 2 aromatic rings. The van der Waals surface area contributed by atoms with Crippen LogP contribution in [0, 0.1) is 17.0 Å². The van der Waals surface area contributed by atoms with Crippen LogP contribution in [0.5, 0.6) is 0 Å². The Morgan fingerprint density at radius 2 is 2.30 bits per heavy atom. The van der Waals surface area contributed by atoms with Crippen molar-refractivity contribution in [3.05, 3.63) is 49.8 Å². The molecule has 0 amide bonds. The zero-order valence-electron chi connectivity index (χ0n) is 10.5. The number of carbonyl (C=O) groups is 1. The van der Waals surface area contributed by atoms with Crippen LogP contribution < -0.4 is 5.32 Å². The first-order valence-electron chi connectivity index (χ1n) is 5.64. The number of carboxylic acid groups (broad SMARTS) is 1. The summed E-state index contributed by atoms with van der Waals surface area (Å²) in [5.41, 5.74) is -0.563. The van der Waals surface area contributed by atoms with Crippen molar-refractivity contribution in [1.82, 2.24) is 4.98 Å². The molecule has 0 saturated heterocycles. The number of hydrogen-bond donors (Lipinski definition) is 2. The van der Waals surface area contributed by atoms with Gasteiger partial charge in [0, 0.05) is 22.0 Å². The van der Waals surface area contributed by atoms with Gasteiger partial charge in [-0.2, -0.15) is 0 Å². The van der Waals surface area contributed by atoms with E-state index in [-0.39, 0.29) is 17.1 Å². The lowest BCUT2D eigenvalue weighted by molar-refractivity contribution is -0.384.